The topological polar surface area (TPSA) is 108 Å². The zero-order valence-corrected chi connectivity index (χ0v) is 22.7. The lowest BCUT2D eigenvalue weighted by atomic mass is 10.1. The first-order chi connectivity index (χ1) is 17.6. The van der Waals surface area contributed by atoms with E-state index in [9.17, 15) is 13.2 Å². The van der Waals surface area contributed by atoms with Crippen LogP contribution in [0.2, 0.25) is 0 Å². The number of likely N-dealkylation sites (N-methyl/N-ethyl adjacent to an activating group) is 1. The van der Waals surface area contributed by atoms with E-state index in [0.717, 1.165) is 16.8 Å². The molecule has 1 aliphatic heterocycles. The summed E-state index contributed by atoms with van der Waals surface area (Å²) in [6.45, 7) is 9.38. The van der Waals surface area contributed by atoms with Crippen molar-refractivity contribution in [3.8, 4) is 11.3 Å². The Morgan fingerprint density at radius 1 is 1.03 bits per heavy atom. The lowest BCUT2D eigenvalue weighted by molar-refractivity contribution is -0.117. The van der Waals surface area contributed by atoms with Gasteiger partial charge < -0.3 is 10.2 Å². The van der Waals surface area contributed by atoms with Crippen molar-refractivity contribution in [2.75, 3.05) is 30.4 Å². The number of carbonyl (C=O) groups is 1. The Bertz CT molecular complexity index is 1370. The van der Waals surface area contributed by atoms with Gasteiger partial charge in [-0.2, -0.15) is 0 Å². The van der Waals surface area contributed by atoms with E-state index in [2.05, 4.69) is 47.6 Å². The molecule has 3 aromatic rings. The number of benzene rings is 2. The number of fused-ring (bicyclic) bond motifs is 3. The number of nitrogens with one attached hydrogen (secondary N) is 2. The number of nitrogens with zero attached hydrogens (tertiary/aromatic N) is 4. The molecule has 1 aliphatic rings. The van der Waals surface area contributed by atoms with Crippen molar-refractivity contribution >= 4 is 33.3 Å². The van der Waals surface area contributed by atoms with Gasteiger partial charge in [0.15, 0.2) is 0 Å². The van der Waals surface area contributed by atoms with Crippen LogP contribution in [0.1, 0.15) is 33.3 Å². The SMILES string of the molecule is CC(C)N(CCNS(=O)(=O)c1ccc(Nc2ncc3c(n2)-c2ccccc2N(C)C(=O)C3)cc1)C(C)C. The summed E-state index contributed by atoms with van der Waals surface area (Å²) in [5.74, 6) is 0.337. The Morgan fingerprint density at radius 3 is 2.38 bits per heavy atom. The predicted molar refractivity (Wildman–Crippen MR) is 146 cm³/mol. The fraction of sp³-hybridized carbons (Fsp3) is 0.370. The first-order valence-electron chi connectivity index (χ1n) is 12.4. The van der Waals surface area contributed by atoms with Gasteiger partial charge in [-0.05, 0) is 58.0 Å². The van der Waals surface area contributed by atoms with Gasteiger partial charge in [0.2, 0.25) is 21.9 Å². The molecule has 2 heterocycles. The third-order valence-corrected chi connectivity index (χ3v) is 7.99. The van der Waals surface area contributed by atoms with Crippen LogP contribution >= 0.6 is 0 Å². The summed E-state index contributed by atoms with van der Waals surface area (Å²) >= 11 is 0. The van der Waals surface area contributed by atoms with Crippen molar-refractivity contribution in [1.82, 2.24) is 19.6 Å². The highest BCUT2D eigenvalue weighted by atomic mass is 32.2. The lowest BCUT2D eigenvalue weighted by Gasteiger charge is -2.30. The second-order valence-electron chi connectivity index (χ2n) is 9.69. The molecule has 4 rings (SSSR count). The van der Waals surface area contributed by atoms with Crippen LogP contribution in [-0.4, -0.2) is 61.4 Å². The molecule has 37 heavy (non-hydrogen) atoms. The monoisotopic (exact) mass is 522 g/mol. The molecule has 9 nitrogen and oxygen atoms in total. The summed E-state index contributed by atoms with van der Waals surface area (Å²) < 4.78 is 28.3. The van der Waals surface area contributed by atoms with Crippen molar-refractivity contribution in [3.05, 3.63) is 60.3 Å². The van der Waals surface area contributed by atoms with Crippen LogP contribution in [0.15, 0.2) is 59.6 Å². The second-order valence-corrected chi connectivity index (χ2v) is 11.5. The molecule has 0 saturated carbocycles. The summed E-state index contributed by atoms with van der Waals surface area (Å²) in [5.41, 5.74) is 3.76. The van der Waals surface area contributed by atoms with Gasteiger partial charge in [-0.15, -0.1) is 0 Å². The maximum Gasteiger partial charge on any atom is 0.240 e. The number of aromatic nitrogens is 2. The molecule has 0 bridgehead atoms. The molecule has 0 fully saturated rings. The first-order valence-corrected chi connectivity index (χ1v) is 13.9. The van der Waals surface area contributed by atoms with E-state index in [0.29, 0.717) is 42.5 Å². The number of rotatable bonds is 9. The molecular weight excluding hydrogens is 488 g/mol. The molecule has 0 spiro atoms. The summed E-state index contributed by atoms with van der Waals surface area (Å²) in [4.78, 5) is 25.7. The van der Waals surface area contributed by atoms with Crippen LogP contribution in [0.25, 0.3) is 11.3 Å². The number of carbonyl (C=O) groups excluding carboxylic acids is 1. The molecule has 0 saturated heterocycles. The number of para-hydroxylation sites is 1. The number of amides is 1. The van der Waals surface area contributed by atoms with Crippen molar-refractivity contribution in [1.29, 1.82) is 0 Å². The summed E-state index contributed by atoms with van der Waals surface area (Å²) in [6, 6.07) is 14.8. The van der Waals surface area contributed by atoms with Gasteiger partial charge in [0.05, 0.1) is 22.7 Å². The van der Waals surface area contributed by atoms with Crippen molar-refractivity contribution in [3.63, 3.8) is 0 Å². The molecule has 10 heteroatoms. The van der Waals surface area contributed by atoms with E-state index in [1.807, 2.05) is 24.3 Å². The zero-order chi connectivity index (χ0) is 26.7. The Kier molecular flexibility index (Phi) is 7.91. The van der Waals surface area contributed by atoms with E-state index < -0.39 is 10.0 Å². The van der Waals surface area contributed by atoms with Crippen LogP contribution < -0.4 is 14.9 Å². The van der Waals surface area contributed by atoms with Gasteiger partial charge in [0, 0.05) is 55.2 Å². The molecule has 0 radical (unpaired) electrons. The molecule has 0 aliphatic carbocycles. The minimum absolute atomic E-state index is 0.0259. The van der Waals surface area contributed by atoms with Crippen molar-refractivity contribution in [2.45, 2.75) is 51.1 Å². The van der Waals surface area contributed by atoms with Crippen LogP contribution in [0.3, 0.4) is 0 Å². The zero-order valence-electron chi connectivity index (χ0n) is 21.9. The van der Waals surface area contributed by atoms with Gasteiger partial charge in [-0.25, -0.2) is 23.1 Å². The van der Waals surface area contributed by atoms with E-state index in [1.165, 1.54) is 0 Å². The van der Waals surface area contributed by atoms with Gasteiger partial charge >= 0.3 is 0 Å². The fourth-order valence-corrected chi connectivity index (χ4v) is 5.58. The molecule has 0 atom stereocenters. The highest BCUT2D eigenvalue weighted by molar-refractivity contribution is 7.89. The summed E-state index contributed by atoms with van der Waals surface area (Å²) in [6.07, 6.45) is 1.88. The number of anilines is 3. The highest BCUT2D eigenvalue weighted by Gasteiger charge is 2.25. The standard InChI is InChI=1S/C27H34N6O3S/c1-18(2)33(19(3)4)15-14-29-37(35,36)22-12-10-21(11-13-22)30-27-28-17-20-16-25(34)32(5)24-9-7-6-8-23(24)26(20)31-27/h6-13,17-19,29H,14-16H2,1-5H3,(H,28,30,31). The molecule has 2 aromatic carbocycles. The van der Waals surface area contributed by atoms with Gasteiger partial charge in [-0.1, -0.05) is 18.2 Å². The van der Waals surface area contributed by atoms with Crippen LogP contribution in [-0.2, 0) is 21.2 Å². The summed E-state index contributed by atoms with van der Waals surface area (Å²) in [7, 11) is -1.87. The summed E-state index contributed by atoms with van der Waals surface area (Å²) in [5, 5.41) is 3.15. The van der Waals surface area contributed by atoms with E-state index in [4.69, 9.17) is 4.98 Å². The van der Waals surface area contributed by atoms with E-state index >= 15 is 0 Å². The molecule has 1 amide bonds. The predicted octanol–water partition coefficient (Wildman–Crippen LogP) is 3.80. The Labute approximate surface area is 219 Å². The Balaban J connectivity index is 1.48. The largest absolute Gasteiger partial charge is 0.324 e. The maximum atomic E-state index is 12.8. The molecule has 1 aromatic heterocycles. The second kappa shape index (κ2) is 11.0. The highest BCUT2D eigenvalue weighted by Crippen LogP contribution is 2.35. The minimum Gasteiger partial charge on any atom is -0.324 e. The Hall–Kier alpha value is -3.34. The quantitative estimate of drug-likeness (QED) is 0.440. The van der Waals surface area contributed by atoms with Crippen molar-refractivity contribution in [2.24, 2.45) is 0 Å². The van der Waals surface area contributed by atoms with E-state index in [-0.39, 0.29) is 17.2 Å². The molecule has 2 N–H and O–H groups in total. The third kappa shape index (κ3) is 5.98. The number of hydrogen-bond acceptors (Lipinski definition) is 7. The Morgan fingerprint density at radius 2 is 1.70 bits per heavy atom. The fourth-order valence-electron chi connectivity index (χ4n) is 4.56. The number of hydrogen-bond donors (Lipinski definition) is 2. The molecule has 196 valence electrons. The minimum atomic E-state index is -3.63. The van der Waals surface area contributed by atoms with Gasteiger partial charge in [0.25, 0.3) is 0 Å². The van der Waals surface area contributed by atoms with Gasteiger partial charge in [-0.3, -0.25) is 9.69 Å². The third-order valence-electron chi connectivity index (χ3n) is 6.51. The molecular formula is C27H34N6O3S. The smallest absolute Gasteiger partial charge is 0.240 e. The first kappa shape index (κ1) is 26.7. The van der Waals surface area contributed by atoms with Crippen LogP contribution in [0.5, 0.6) is 0 Å². The van der Waals surface area contributed by atoms with Crippen molar-refractivity contribution < 1.29 is 13.2 Å². The lowest BCUT2D eigenvalue weighted by Crippen LogP contribution is -2.42. The van der Waals surface area contributed by atoms with Crippen LogP contribution in [0, 0.1) is 0 Å². The maximum absolute atomic E-state index is 12.8. The van der Waals surface area contributed by atoms with Gasteiger partial charge in [0.1, 0.15) is 0 Å². The average molecular weight is 523 g/mol. The average Bonchev–Trinajstić information content (AvgIpc) is 2.96. The van der Waals surface area contributed by atoms with E-state index in [1.54, 1.807) is 42.4 Å². The van der Waals surface area contributed by atoms with Crippen LogP contribution in [0.4, 0.5) is 17.3 Å². The normalized spacial score (nSPS) is 13.6. The number of sulfonamides is 1. The molecule has 0 unspecified atom stereocenters.